The van der Waals surface area contributed by atoms with Crippen molar-refractivity contribution in [1.82, 2.24) is 9.29 Å². The van der Waals surface area contributed by atoms with Crippen LogP contribution < -0.4 is 10.2 Å². The average molecular weight is 296 g/mol. The Hall–Kier alpha value is -0.715. The minimum absolute atomic E-state index is 0.0529. The van der Waals surface area contributed by atoms with Crippen molar-refractivity contribution in [3.63, 3.8) is 0 Å². The largest absolute Gasteiger partial charge is 0.597 e. The van der Waals surface area contributed by atoms with Crippen molar-refractivity contribution < 1.29 is 9.29 Å². The first-order valence-corrected chi connectivity index (χ1v) is 8.02. The molecule has 0 aliphatic heterocycles. The summed E-state index contributed by atoms with van der Waals surface area (Å²) < 4.78 is 19.5. The first-order valence-electron chi connectivity index (χ1n) is 6.91. The minimum Gasteiger partial charge on any atom is -0.597 e. The lowest BCUT2D eigenvalue weighted by molar-refractivity contribution is 0.343. The van der Waals surface area contributed by atoms with E-state index in [-0.39, 0.29) is 10.8 Å². The van der Waals surface area contributed by atoms with E-state index in [1.165, 1.54) is 0 Å². The molecule has 6 heteroatoms. The number of methoxy groups -OCH3 is 1. The predicted molar refractivity (Wildman–Crippen MR) is 87.7 cm³/mol. The normalized spacial score (nSPS) is 15.2. The molecule has 0 N–H and O–H groups in total. The highest BCUT2D eigenvalue weighted by molar-refractivity contribution is 7.90. The zero-order chi connectivity index (χ0) is 15.5. The van der Waals surface area contributed by atoms with E-state index in [0.29, 0.717) is 5.88 Å². The Morgan fingerprint density at radius 3 is 2.50 bits per heavy atom. The molecule has 0 saturated carbocycles. The highest BCUT2D eigenvalue weighted by Gasteiger charge is 2.35. The van der Waals surface area contributed by atoms with Gasteiger partial charge >= 0.3 is 0 Å². The lowest BCUT2D eigenvalue weighted by Gasteiger charge is -2.35. The van der Waals surface area contributed by atoms with Gasteiger partial charge in [0.1, 0.15) is 12.6 Å². The summed E-state index contributed by atoms with van der Waals surface area (Å²) in [5, 5.41) is 0. The van der Waals surface area contributed by atoms with Crippen molar-refractivity contribution in [2.24, 2.45) is 0 Å². The first-order chi connectivity index (χ1) is 9.22. The highest BCUT2D eigenvalue weighted by Crippen LogP contribution is 2.29. The third-order valence-electron chi connectivity index (χ3n) is 3.21. The quantitative estimate of drug-likeness (QED) is 0.605. The van der Waals surface area contributed by atoms with Crippen LogP contribution in [0.2, 0.25) is 0 Å². The molecule has 1 aromatic heterocycles. The van der Waals surface area contributed by atoms with E-state index >= 15 is 0 Å². The fourth-order valence-electron chi connectivity index (χ4n) is 2.08. The van der Waals surface area contributed by atoms with Crippen LogP contribution in [-0.2, 0) is 11.4 Å². The van der Waals surface area contributed by atoms with Crippen LogP contribution in [0.1, 0.15) is 46.2 Å². The van der Waals surface area contributed by atoms with Gasteiger partial charge in [0.15, 0.2) is 0 Å². The standard InChI is InChI=1S/C14H25BN2O2S/c1-7-17(20(18)14(3,4)5)10(2)11-8-12(15)13(19-6)16-9-11/h8-10H,7,15H2,1-6H3/t10-,20?/m1/s1. The Labute approximate surface area is 126 Å². The fourth-order valence-corrected chi connectivity index (χ4v) is 3.43. The number of aromatic nitrogens is 1. The Kier molecular flexibility index (Phi) is 5.92. The van der Waals surface area contributed by atoms with Crippen LogP contribution in [0.3, 0.4) is 0 Å². The second kappa shape index (κ2) is 6.83. The van der Waals surface area contributed by atoms with Crippen LogP contribution in [0.25, 0.3) is 0 Å². The summed E-state index contributed by atoms with van der Waals surface area (Å²) in [6, 6.07) is 2.11. The van der Waals surface area contributed by atoms with E-state index in [1.807, 2.05) is 39.8 Å². The molecule has 0 saturated heterocycles. The first kappa shape index (κ1) is 17.3. The van der Waals surface area contributed by atoms with Crippen molar-refractivity contribution in [2.45, 2.75) is 45.4 Å². The number of rotatable bonds is 5. The maximum Gasteiger partial charge on any atom is 0.206 e. The maximum absolute atomic E-state index is 12.6. The van der Waals surface area contributed by atoms with E-state index < -0.39 is 11.4 Å². The van der Waals surface area contributed by atoms with Gasteiger partial charge in [0.25, 0.3) is 0 Å². The molecule has 0 aliphatic rings. The van der Waals surface area contributed by atoms with Gasteiger partial charge in [-0.1, -0.05) is 6.07 Å². The summed E-state index contributed by atoms with van der Waals surface area (Å²) in [6.45, 7) is 10.8. The summed E-state index contributed by atoms with van der Waals surface area (Å²) in [7, 11) is 3.59. The van der Waals surface area contributed by atoms with E-state index in [1.54, 1.807) is 13.3 Å². The van der Waals surface area contributed by atoms with Gasteiger partial charge in [-0.15, -0.1) is 4.31 Å². The van der Waals surface area contributed by atoms with Gasteiger partial charge in [-0.25, -0.2) is 4.98 Å². The van der Waals surface area contributed by atoms with Gasteiger partial charge in [0.05, 0.1) is 13.2 Å². The predicted octanol–water partition coefficient (Wildman–Crippen LogP) is 1.19. The molecule has 0 bridgehead atoms. The Morgan fingerprint density at radius 2 is 2.10 bits per heavy atom. The highest BCUT2D eigenvalue weighted by atomic mass is 32.2. The summed E-state index contributed by atoms with van der Waals surface area (Å²) >= 11 is -1.05. The van der Waals surface area contributed by atoms with E-state index in [4.69, 9.17) is 4.74 Å². The van der Waals surface area contributed by atoms with E-state index in [9.17, 15) is 4.55 Å². The Balaban J connectivity index is 3.02. The summed E-state index contributed by atoms with van der Waals surface area (Å²) in [4.78, 5) is 4.31. The molecule has 112 valence electrons. The number of ether oxygens (including phenoxy) is 1. The number of nitrogens with zero attached hydrogens (tertiary/aromatic N) is 2. The van der Waals surface area contributed by atoms with Gasteiger partial charge in [-0.3, -0.25) is 0 Å². The molecular weight excluding hydrogens is 271 g/mol. The van der Waals surface area contributed by atoms with Crippen molar-refractivity contribution in [3.8, 4) is 5.88 Å². The Bertz CT molecular complexity index is 451. The lowest BCUT2D eigenvalue weighted by atomic mass is 9.94. The molecule has 0 spiro atoms. The minimum atomic E-state index is -1.05. The zero-order valence-corrected chi connectivity index (χ0v) is 14.4. The molecule has 20 heavy (non-hydrogen) atoms. The van der Waals surface area contributed by atoms with Gasteiger partial charge in [0, 0.05) is 24.1 Å². The summed E-state index contributed by atoms with van der Waals surface area (Å²) in [6.07, 6.45) is 1.80. The number of hydrogen-bond acceptors (Lipinski definition) is 4. The van der Waals surface area contributed by atoms with E-state index in [0.717, 1.165) is 17.6 Å². The van der Waals surface area contributed by atoms with Crippen LogP contribution in [0.4, 0.5) is 0 Å². The smallest absolute Gasteiger partial charge is 0.206 e. The van der Waals surface area contributed by atoms with Crippen LogP contribution in [0, 0.1) is 0 Å². The number of hydrogen-bond donors (Lipinski definition) is 0. The average Bonchev–Trinajstić information content (AvgIpc) is 2.38. The van der Waals surface area contributed by atoms with Gasteiger partial charge < -0.3 is 9.29 Å². The molecule has 1 aromatic rings. The molecule has 0 fully saturated rings. The summed E-state index contributed by atoms with van der Waals surface area (Å²) in [5.41, 5.74) is 2.05. The topological polar surface area (TPSA) is 48.4 Å². The van der Waals surface area contributed by atoms with Gasteiger partial charge in [-0.05, 0) is 45.6 Å². The molecule has 0 aromatic carbocycles. The molecule has 0 radical (unpaired) electrons. The van der Waals surface area contributed by atoms with Crippen LogP contribution in [0.5, 0.6) is 5.88 Å². The molecule has 1 rings (SSSR count). The molecular formula is C14H25BN2O2S. The second-order valence-corrected chi connectivity index (χ2v) is 8.06. The van der Waals surface area contributed by atoms with Crippen molar-refractivity contribution >= 4 is 24.7 Å². The monoisotopic (exact) mass is 296 g/mol. The van der Waals surface area contributed by atoms with Gasteiger partial charge in [0.2, 0.25) is 5.88 Å². The maximum atomic E-state index is 12.6. The third-order valence-corrected chi connectivity index (χ3v) is 5.26. The number of pyridine rings is 1. The third kappa shape index (κ3) is 3.90. The molecule has 0 amide bonds. The molecule has 0 aliphatic carbocycles. The van der Waals surface area contributed by atoms with Crippen LogP contribution in [0.15, 0.2) is 12.3 Å². The van der Waals surface area contributed by atoms with Crippen molar-refractivity contribution in [2.75, 3.05) is 13.7 Å². The zero-order valence-electron chi connectivity index (χ0n) is 13.6. The van der Waals surface area contributed by atoms with Gasteiger partial charge in [-0.2, -0.15) is 0 Å². The fraction of sp³-hybridized carbons (Fsp3) is 0.643. The SMILES string of the molecule is Bc1cc([C@@H](C)N(CC)[S+]([O-])C(C)(C)C)cnc1OC. The lowest BCUT2D eigenvalue weighted by Crippen LogP contribution is -2.44. The molecule has 1 unspecified atom stereocenters. The Morgan fingerprint density at radius 1 is 1.50 bits per heavy atom. The summed E-state index contributed by atoms with van der Waals surface area (Å²) in [5.74, 6) is 0.640. The second-order valence-electron chi connectivity index (χ2n) is 5.87. The van der Waals surface area contributed by atoms with E-state index in [2.05, 4.69) is 18.0 Å². The van der Waals surface area contributed by atoms with Crippen molar-refractivity contribution in [1.29, 1.82) is 0 Å². The molecule has 1 heterocycles. The molecule has 2 atom stereocenters. The van der Waals surface area contributed by atoms with Crippen LogP contribution in [-0.4, -0.2) is 40.1 Å². The van der Waals surface area contributed by atoms with Crippen molar-refractivity contribution in [3.05, 3.63) is 17.8 Å². The molecule has 4 nitrogen and oxygen atoms in total. The van der Waals surface area contributed by atoms with Crippen LogP contribution >= 0.6 is 0 Å².